The highest BCUT2D eigenvalue weighted by Gasteiger charge is 2.17. The quantitative estimate of drug-likeness (QED) is 0.553. The zero-order valence-electron chi connectivity index (χ0n) is 15.6. The number of hydrogen-bond acceptors (Lipinski definition) is 8. The standard InChI is InChI=1S/C19H22N4O3S/c1-24-15-7-4-6-14(17(15)25-2)18-22-19(26-23-18)13-8-9-16(21-12-13)20-10-5-11-27-3/h4,6-9,12H,5,10-11H2,1-3H3,(H,20,21). The predicted octanol–water partition coefficient (Wildman–Crippen LogP) is 3.98. The van der Waals surface area contributed by atoms with Gasteiger partial charge in [0.15, 0.2) is 11.5 Å². The maximum atomic E-state index is 5.44. The molecule has 0 bridgehead atoms. The van der Waals surface area contributed by atoms with E-state index < -0.39 is 0 Å². The van der Waals surface area contributed by atoms with Gasteiger partial charge in [-0.25, -0.2) is 4.98 Å². The molecule has 0 unspecified atom stereocenters. The number of benzene rings is 1. The second-order valence-corrected chi connectivity index (χ2v) is 6.66. The van der Waals surface area contributed by atoms with E-state index in [4.69, 9.17) is 14.0 Å². The van der Waals surface area contributed by atoms with E-state index in [0.717, 1.165) is 30.1 Å². The van der Waals surface area contributed by atoms with Crippen molar-refractivity contribution in [2.24, 2.45) is 0 Å². The Morgan fingerprint density at radius 3 is 2.74 bits per heavy atom. The molecule has 0 saturated heterocycles. The molecular weight excluding hydrogens is 364 g/mol. The van der Waals surface area contributed by atoms with E-state index in [-0.39, 0.29) is 0 Å². The lowest BCUT2D eigenvalue weighted by molar-refractivity contribution is 0.355. The Hall–Kier alpha value is -2.74. The molecule has 0 aliphatic heterocycles. The van der Waals surface area contributed by atoms with E-state index in [2.05, 4.69) is 26.7 Å². The molecule has 7 nitrogen and oxygen atoms in total. The van der Waals surface area contributed by atoms with Crippen LogP contribution in [0, 0.1) is 0 Å². The number of nitrogens with zero attached hydrogens (tertiary/aromatic N) is 3. The molecule has 3 rings (SSSR count). The molecule has 0 atom stereocenters. The molecule has 0 aliphatic rings. The van der Waals surface area contributed by atoms with Crippen molar-refractivity contribution in [2.75, 3.05) is 38.1 Å². The van der Waals surface area contributed by atoms with Crippen LogP contribution in [-0.2, 0) is 0 Å². The third-order valence-electron chi connectivity index (χ3n) is 3.91. The molecule has 0 aliphatic carbocycles. The number of pyridine rings is 1. The summed E-state index contributed by atoms with van der Waals surface area (Å²) in [5, 5.41) is 7.37. The summed E-state index contributed by atoms with van der Waals surface area (Å²) in [6, 6.07) is 9.34. The zero-order valence-corrected chi connectivity index (χ0v) is 16.4. The second-order valence-electron chi connectivity index (χ2n) is 5.67. The van der Waals surface area contributed by atoms with Gasteiger partial charge in [-0.3, -0.25) is 0 Å². The molecule has 1 aromatic carbocycles. The third kappa shape index (κ3) is 4.51. The molecule has 0 radical (unpaired) electrons. The molecule has 8 heteroatoms. The molecule has 1 N–H and O–H groups in total. The average molecular weight is 386 g/mol. The first kappa shape index (κ1) is 19.0. The molecule has 27 heavy (non-hydrogen) atoms. The minimum absolute atomic E-state index is 0.399. The van der Waals surface area contributed by atoms with Gasteiger partial charge in [0, 0.05) is 12.7 Å². The fourth-order valence-electron chi connectivity index (χ4n) is 2.57. The van der Waals surface area contributed by atoms with Gasteiger partial charge in [0.1, 0.15) is 5.82 Å². The monoisotopic (exact) mass is 386 g/mol. The smallest absolute Gasteiger partial charge is 0.259 e. The van der Waals surface area contributed by atoms with Crippen molar-refractivity contribution in [3.63, 3.8) is 0 Å². The molecule has 2 aromatic heterocycles. The summed E-state index contributed by atoms with van der Waals surface area (Å²) in [4.78, 5) is 8.88. The van der Waals surface area contributed by atoms with Gasteiger partial charge in [-0.15, -0.1) is 0 Å². The SMILES string of the molecule is COc1cccc(-c2noc(-c3ccc(NCCCSC)nc3)n2)c1OC. The van der Waals surface area contributed by atoms with Crippen LogP contribution < -0.4 is 14.8 Å². The van der Waals surface area contributed by atoms with E-state index in [1.807, 2.05) is 42.1 Å². The third-order valence-corrected chi connectivity index (χ3v) is 4.61. The van der Waals surface area contributed by atoms with E-state index >= 15 is 0 Å². The van der Waals surface area contributed by atoms with Crippen molar-refractivity contribution in [3.8, 4) is 34.3 Å². The van der Waals surface area contributed by atoms with E-state index in [1.165, 1.54) is 0 Å². The fraction of sp³-hybridized carbons (Fsp3) is 0.316. The minimum Gasteiger partial charge on any atom is -0.493 e. The summed E-state index contributed by atoms with van der Waals surface area (Å²) >= 11 is 1.84. The molecule has 0 spiro atoms. The van der Waals surface area contributed by atoms with Crippen LogP contribution in [-0.4, -0.2) is 47.9 Å². The molecule has 142 valence electrons. The van der Waals surface area contributed by atoms with Gasteiger partial charge in [0.05, 0.1) is 25.3 Å². The van der Waals surface area contributed by atoms with E-state index in [9.17, 15) is 0 Å². The second kappa shape index (κ2) is 9.27. The number of rotatable bonds is 9. The number of hydrogen-bond donors (Lipinski definition) is 1. The van der Waals surface area contributed by atoms with Gasteiger partial charge < -0.3 is 19.3 Å². The summed E-state index contributed by atoms with van der Waals surface area (Å²) in [6.45, 7) is 0.896. The van der Waals surface area contributed by atoms with Crippen LogP contribution in [0.25, 0.3) is 22.8 Å². The largest absolute Gasteiger partial charge is 0.493 e. The van der Waals surface area contributed by atoms with Crippen LogP contribution >= 0.6 is 11.8 Å². The Labute approximate surface area is 162 Å². The van der Waals surface area contributed by atoms with Crippen molar-refractivity contribution in [3.05, 3.63) is 36.5 Å². The Kier molecular flexibility index (Phi) is 6.54. The van der Waals surface area contributed by atoms with Crippen LogP contribution in [0.15, 0.2) is 41.1 Å². The van der Waals surface area contributed by atoms with E-state index in [0.29, 0.717) is 28.8 Å². The summed E-state index contributed by atoms with van der Waals surface area (Å²) in [5.74, 6) is 3.96. The van der Waals surface area contributed by atoms with Crippen molar-refractivity contribution in [1.82, 2.24) is 15.1 Å². The number of thioether (sulfide) groups is 1. The average Bonchev–Trinajstić information content (AvgIpc) is 3.21. The lowest BCUT2D eigenvalue weighted by Gasteiger charge is -2.09. The first-order chi connectivity index (χ1) is 13.3. The van der Waals surface area contributed by atoms with Crippen LogP contribution in [0.3, 0.4) is 0 Å². The highest BCUT2D eigenvalue weighted by molar-refractivity contribution is 7.98. The molecule has 0 amide bonds. The molecular formula is C19H22N4O3S. The molecule has 3 aromatic rings. The molecule has 0 fully saturated rings. The van der Waals surface area contributed by atoms with Gasteiger partial charge >= 0.3 is 0 Å². The number of ether oxygens (including phenoxy) is 2. The van der Waals surface area contributed by atoms with Crippen molar-refractivity contribution in [1.29, 1.82) is 0 Å². The highest BCUT2D eigenvalue weighted by Crippen LogP contribution is 2.37. The lowest BCUT2D eigenvalue weighted by atomic mass is 10.1. The highest BCUT2D eigenvalue weighted by atomic mass is 32.2. The normalized spacial score (nSPS) is 10.6. The Balaban J connectivity index is 1.76. The summed E-state index contributed by atoms with van der Waals surface area (Å²) in [5.41, 5.74) is 1.46. The molecule has 2 heterocycles. The van der Waals surface area contributed by atoms with Crippen molar-refractivity contribution < 1.29 is 14.0 Å². The van der Waals surface area contributed by atoms with Gasteiger partial charge in [0.2, 0.25) is 5.82 Å². The first-order valence-corrected chi connectivity index (χ1v) is 9.90. The van der Waals surface area contributed by atoms with Gasteiger partial charge in [-0.05, 0) is 42.7 Å². The van der Waals surface area contributed by atoms with Crippen LogP contribution in [0.5, 0.6) is 11.5 Å². The first-order valence-electron chi connectivity index (χ1n) is 8.51. The summed E-state index contributed by atoms with van der Waals surface area (Å²) in [6.07, 6.45) is 4.92. The number of nitrogens with one attached hydrogen (secondary N) is 1. The summed E-state index contributed by atoms with van der Waals surface area (Å²) in [7, 11) is 3.17. The van der Waals surface area contributed by atoms with Crippen LogP contribution in [0.2, 0.25) is 0 Å². The van der Waals surface area contributed by atoms with Crippen LogP contribution in [0.4, 0.5) is 5.82 Å². The number of aromatic nitrogens is 3. The number of methoxy groups -OCH3 is 2. The number of anilines is 1. The topological polar surface area (TPSA) is 82.3 Å². The van der Waals surface area contributed by atoms with Crippen molar-refractivity contribution >= 4 is 17.6 Å². The Morgan fingerprint density at radius 1 is 1.15 bits per heavy atom. The zero-order chi connectivity index (χ0) is 19.1. The molecule has 0 saturated carbocycles. The van der Waals surface area contributed by atoms with E-state index in [1.54, 1.807) is 20.4 Å². The van der Waals surface area contributed by atoms with Gasteiger partial charge in [-0.1, -0.05) is 11.2 Å². The predicted molar refractivity (Wildman–Crippen MR) is 108 cm³/mol. The lowest BCUT2D eigenvalue weighted by Crippen LogP contribution is -2.03. The summed E-state index contributed by atoms with van der Waals surface area (Å²) < 4.78 is 16.2. The van der Waals surface area contributed by atoms with Crippen LogP contribution in [0.1, 0.15) is 6.42 Å². The Bertz CT molecular complexity index is 868. The maximum Gasteiger partial charge on any atom is 0.259 e. The van der Waals surface area contributed by atoms with Crippen molar-refractivity contribution in [2.45, 2.75) is 6.42 Å². The van der Waals surface area contributed by atoms with Gasteiger partial charge in [0.25, 0.3) is 5.89 Å². The number of para-hydroxylation sites is 1. The minimum atomic E-state index is 0.399. The van der Waals surface area contributed by atoms with Gasteiger partial charge in [-0.2, -0.15) is 16.7 Å². The Morgan fingerprint density at radius 2 is 2.04 bits per heavy atom. The maximum absolute atomic E-state index is 5.44. The fourth-order valence-corrected chi connectivity index (χ4v) is 3.00.